The minimum Gasteiger partial charge on any atom is -0.191 e. The summed E-state index contributed by atoms with van der Waals surface area (Å²) in [6.45, 7) is -1.94. The van der Waals surface area contributed by atoms with Gasteiger partial charge in [-0.05, 0) is 0 Å². The maximum Gasteiger partial charge on any atom is 0.313 e. The molecule has 0 atom stereocenters. The minimum absolute atomic E-state index is 0.348. The zero-order valence-electron chi connectivity index (χ0n) is 9.00. The van der Waals surface area contributed by atoms with Crippen molar-refractivity contribution in [3.05, 3.63) is 40.5 Å². The quantitative estimate of drug-likeness (QED) is 0.300. The molecule has 0 bridgehead atoms. The van der Waals surface area contributed by atoms with E-state index in [0.29, 0.717) is 0 Å². The first-order valence-corrected chi connectivity index (χ1v) is 4.05. The minimum atomic E-state index is -1.50. The van der Waals surface area contributed by atoms with Gasteiger partial charge in [-0.1, -0.05) is 0 Å². The third kappa shape index (κ3) is 8.82. The molecule has 0 aliphatic carbocycles. The summed E-state index contributed by atoms with van der Waals surface area (Å²) in [6, 6.07) is 0. The van der Waals surface area contributed by atoms with E-state index in [1.165, 1.54) is 0 Å². The Labute approximate surface area is 105 Å². The molecule has 0 aliphatic heterocycles. The number of hydrogen-bond acceptors (Lipinski definition) is 14. The van der Waals surface area contributed by atoms with Crippen molar-refractivity contribution in [1.82, 2.24) is 10.5 Å². The summed E-state index contributed by atoms with van der Waals surface area (Å²) in [5.74, 6) is 0. The monoisotopic (exact) mass is 304 g/mol. The fraction of sp³-hybridized carbons (Fsp3) is 1.00. The van der Waals surface area contributed by atoms with Gasteiger partial charge in [0.25, 0.3) is 0 Å². The van der Waals surface area contributed by atoms with Gasteiger partial charge in [0.05, 0.1) is 13.1 Å². The van der Waals surface area contributed by atoms with Gasteiger partial charge in [0.2, 0.25) is 0 Å². The molecular formula is C2H4N6O12. The van der Waals surface area contributed by atoms with Gasteiger partial charge in [0.15, 0.2) is 0 Å². The van der Waals surface area contributed by atoms with Crippen LogP contribution >= 0.6 is 0 Å². The Hall–Kier alpha value is -3.28. The molecule has 18 heteroatoms. The van der Waals surface area contributed by atoms with Crippen molar-refractivity contribution in [3.63, 3.8) is 0 Å². The average molecular weight is 304 g/mol. The fourth-order valence-electron chi connectivity index (χ4n) is 0.654. The topological polar surface area (TPSA) is 216 Å². The average Bonchev–Trinajstić information content (AvgIpc) is 2.22. The van der Waals surface area contributed by atoms with Gasteiger partial charge in [0, 0.05) is 10.5 Å². The number of hydrogen-bond donors (Lipinski definition) is 0. The lowest BCUT2D eigenvalue weighted by Gasteiger charge is -2.18. The summed E-state index contributed by atoms with van der Waals surface area (Å²) in [7, 11) is 0. The molecule has 0 fully saturated rings. The van der Waals surface area contributed by atoms with Crippen molar-refractivity contribution in [2.24, 2.45) is 0 Å². The number of nitrogens with zero attached hydrogens (tertiary/aromatic N) is 6. The summed E-state index contributed by atoms with van der Waals surface area (Å²) < 4.78 is 0. The standard InChI is InChI=1S/C2H4N6O12/c9-5(10)17-3(18-6(11)12)1-2-4(19-7(13)14)20-8(15)16/h1-2H2. The molecule has 0 radical (unpaired) electrons. The van der Waals surface area contributed by atoms with Crippen LogP contribution < -0.4 is 0 Å². The van der Waals surface area contributed by atoms with E-state index in [1.54, 1.807) is 0 Å². The number of rotatable bonds is 11. The first kappa shape index (κ1) is 16.7. The molecule has 0 N–H and O–H groups in total. The largest absolute Gasteiger partial charge is 0.313 e. The lowest BCUT2D eigenvalue weighted by molar-refractivity contribution is -0.932. The molecule has 0 saturated heterocycles. The summed E-state index contributed by atoms with van der Waals surface area (Å²) in [5, 5.41) is 33.0. The Morgan fingerprint density at radius 1 is 0.600 bits per heavy atom. The summed E-state index contributed by atoms with van der Waals surface area (Å²) in [5.41, 5.74) is 0. The van der Waals surface area contributed by atoms with E-state index in [4.69, 9.17) is 0 Å². The number of hydroxylamine groups is 4. The van der Waals surface area contributed by atoms with E-state index >= 15 is 0 Å². The van der Waals surface area contributed by atoms with Crippen molar-refractivity contribution in [2.45, 2.75) is 0 Å². The predicted molar refractivity (Wildman–Crippen MR) is 45.7 cm³/mol. The summed E-state index contributed by atoms with van der Waals surface area (Å²) in [4.78, 5) is 53.9. The van der Waals surface area contributed by atoms with E-state index in [9.17, 15) is 40.5 Å². The molecule has 0 aliphatic rings. The second-order valence-electron chi connectivity index (χ2n) is 2.33. The lowest BCUT2D eigenvalue weighted by atomic mass is 10.7. The summed E-state index contributed by atoms with van der Waals surface area (Å²) in [6.07, 6.45) is 0. The summed E-state index contributed by atoms with van der Waals surface area (Å²) >= 11 is 0. The molecule has 18 nitrogen and oxygen atoms in total. The molecule has 0 rings (SSSR count). The molecule has 0 spiro atoms. The van der Waals surface area contributed by atoms with Crippen molar-refractivity contribution in [1.29, 1.82) is 0 Å². The van der Waals surface area contributed by atoms with Crippen LogP contribution in [0.3, 0.4) is 0 Å². The van der Waals surface area contributed by atoms with Crippen LogP contribution in [0.4, 0.5) is 0 Å². The van der Waals surface area contributed by atoms with Crippen LogP contribution in [0.2, 0.25) is 0 Å². The van der Waals surface area contributed by atoms with Gasteiger partial charge >= 0.3 is 20.3 Å². The van der Waals surface area contributed by atoms with E-state index in [-0.39, 0.29) is 10.5 Å². The Morgan fingerprint density at radius 2 is 0.800 bits per heavy atom. The van der Waals surface area contributed by atoms with Crippen molar-refractivity contribution >= 4 is 0 Å². The SMILES string of the molecule is O=[N+]([O-])ON(CCN(O[N+](=O)[O-])O[N+](=O)[O-])O[N+](=O)[O-]. The highest BCUT2D eigenvalue weighted by Gasteiger charge is 2.20. The highest BCUT2D eigenvalue weighted by Crippen LogP contribution is 1.98. The third-order valence-electron chi connectivity index (χ3n) is 1.10. The van der Waals surface area contributed by atoms with E-state index in [0.717, 1.165) is 0 Å². The molecule has 0 aromatic rings. The van der Waals surface area contributed by atoms with Crippen LogP contribution in [0.25, 0.3) is 0 Å². The highest BCUT2D eigenvalue weighted by molar-refractivity contribution is 4.32. The van der Waals surface area contributed by atoms with Gasteiger partial charge in [0.1, 0.15) is 0 Å². The van der Waals surface area contributed by atoms with Crippen LogP contribution in [0.1, 0.15) is 0 Å². The molecule has 0 heterocycles. The van der Waals surface area contributed by atoms with E-state index in [1.807, 2.05) is 0 Å². The Bertz CT molecular complexity index is 314. The first-order valence-electron chi connectivity index (χ1n) is 4.05. The zero-order valence-corrected chi connectivity index (χ0v) is 9.00. The maximum absolute atomic E-state index is 9.94. The maximum atomic E-state index is 9.94. The molecular weight excluding hydrogens is 300 g/mol. The third-order valence-corrected chi connectivity index (χ3v) is 1.10. The van der Waals surface area contributed by atoms with Crippen molar-refractivity contribution in [2.75, 3.05) is 13.1 Å². The molecule has 0 aromatic carbocycles. The molecule has 0 unspecified atom stereocenters. The van der Waals surface area contributed by atoms with Gasteiger partial charge < -0.3 is 0 Å². The smallest absolute Gasteiger partial charge is 0.191 e. The van der Waals surface area contributed by atoms with Crippen LogP contribution in [0.5, 0.6) is 0 Å². The predicted octanol–water partition coefficient (Wildman–Crippen LogP) is -1.92. The first-order chi connectivity index (χ1) is 9.20. The van der Waals surface area contributed by atoms with Gasteiger partial charge in [-0.2, -0.15) is 19.8 Å². The van der Waals surface area contributed by atoms with Gasteiger partial charge in [-0.15, -0.1) is 40.5 Å². The second kappa shape index (κ2) is 7.93. The zero-order chi connectivity index (χ0) is 15.7. The van der Waals surface area contributed by atoms with E-state index < -0.39 is 33.4 Å². The van der Waals surface area contributed by atoms with E-state index in [2.05, 4.69) is 19.8 Å². The van der Waals surface area contributed by atoms with Crippen molar-refractivity contribution in [3.8, 4) is 0 Å². The Morgan fingerprint density at radius 3 is 0.950 bits per heavy atom. The molecule has 0 aromatic heterocycles. The van der Waals surface area contributed by atoms with Gasteiger partial charge in [-0.3, -0.25) is 0 Å². The Balaban J connectivity index is 4.49. The molecule has 20 heavy (non-hydrogen) atoms. The highest BCUT2D eigenvalue weighted by atomic mass is 17.2. The fourth-order valence-corrected chi connectivity index (χ4v) is 0.654. The van der Waals surface area contributed by atoms with Crippen LogP contribution in [0, 0.1) is 40.5 Å². The van der Waals surface area contributed by atoms with Gasteiger partial charge in [-0.25, -0.2) is 0 Å². The normalized spacial score (nSPS) is 9.90. The van der Waals surface area contributed by atoms with Crippen LogP contribution in [-0.2, 0) is 19.8 Å². The second-order valence-corrected chi connectivity index (χ2v) is 2.33. The molecule has 114 valence electrons. The van der Waals surface area contributed by atoms with Crippen molar-refractivity contribution < 1.29 is 40.1 Å². The molecule has 0 amide bonds. The lowest BCUT2D eigenvalue weighted by Crippen LogP contribution is -2.39. The molecule has 0 saturated carbocycles. The Kier molecular flexibility index (Phi) is 6.63. The van der Waals surface area contributed by atoms with Crippen LogP contribution in [-0.4, -0.2) is 43.9 Å². The van der Waals surface area contributed by atoms with Crippen LogP contribution in [0.15, 0.2) is 0 Å².